The number of hydrogen-bond acceptors (Lipinski definition) is 5. The summed E-state index contributed by atoms with van der Waals surface area (Å²) in [5.74, 6) is -0.0641. The first-order valence-electron chi connectivity index (χ1n) is 7.44. The number of carbonyl (C=O) groups is 1. The highest BCUT2D eigenvalue weighted by molar-refractivity contribution is 5.91. The summed E-state index contributed by atoms with van der Waals surface area (Å²) in [6, 6.07) is 5.41. The van der Waals surface area contributed by atoms with E-state index >= 15 is 0 Å². The van der Waals surface area contributed by atoms with Crippen molar-refractivity contribution in [3.05, 3.63) is 48.9 Å². The zero-order valence-corrected chi connectivity index (χ0v) is 13.3. The molecule has 0 aromatic carbocycles. The second kappa shape index (κ2) is 6.11. The average Bonchev–Trinajstić information content (AvgIpc) is 2.99. The Morgan fingerprint density at radius 1 is 1.33 bits per heavy atom. The molecule has 0 bridgehead atoms. The number of H-pyrrole nitrogens is 1. The van der Waals surface area contributed by atoms with Gasteiger partial charge >= 0.3 is 5.97 Å². The monoisotopic (exact) mass is 323 g/mol. The van der Waals surface area contributed by atoms with Gasteiger partial charge in [-0.2, -0.15) is 0 Å². The number of carboxylic acid groups (broad SMARTS) is 1. The molecule has 0 aliphatic carbocycles. The van der Waals surface area contributed by atoms with Crippen LogP contribution in [0.3, 0.4) is 0 Å². The molecule has 3 rings (SSSR count). The lowest BCUT2D eigenvalue weighted by molar-refractivity contribution is -0.140. The molecule has 24 heavy (non-hydrogen) atoms. The van der Waals surface area contributed by atoms with Crippen molar-refractivity contribution < 1.29 is 9.90 Å². The molecule has 3 aromatic heterocycles. The Hall–Kier alpha value is -3.22. The summed E-state index contributed by atoms with van der Waals surface area (Å²) in [4.78, 5) is 27.6. The molecular formula is C17H17N5O2. The fraction of sp³-hybridized carbons (Fsp3) is 0.176. The molecule has 0 radical (unpaired) electrons. The predicted octanol–water partition coefficient (Wildman–Crippen LogP) is 2.85. The van der Waals surface area contributed by atoms with Gasteiger partial charge in [0, 0.05) is 29.5 Å². The first-order chi connectivity index (χ1) is 11.5. The minimum Gasteiger partial charge on any atom is -0.479 e. The Kier molecular flexibility index (Phi) is 3.99. The molecule has 0 saturated heterocycles. The Morgan fingerprint density at radius 3 is 2.92 bits per heavy atom. The number of hydrogen-bond donors (Lipinski definition) is 3. The quantitative estimate of drug-likeness (QED) is 0.624. The number of fused-ring (bicyclic) bond motifs is 1. The van der Waals surface area contributed by atoms with Crippen molar-refractivity contribution in [1.82, 2.24) is 19.9 Å². The van der Waals surface area contributed by atoms with Crippen molar-refractivity contribution in [2.45, 2.75) is 19.4 Å². The molecule has 7 nitrogen and oxygen atoms in total. The number of aromatic nitrogens is 4. The first kappa shape index (κ1) is 15.7. The van der Waals surface area contributed by atoms with Crippen LogP contribution in [-0.4, -0.2) is 36.6 Å². The molecule has 1 atom stereocenters. The highest BCUT2D eigenvalue weighted by Crippen LogP contribution is 2.26. The molecule has 0 aliphatic heterocycles. The highest BCUT2D eigenvalue weighted by atomic mass is 16.4. The number of nitrogens with one attached hydrogen (secondary N) is 2. The lowest BCUT2D eigenvalue weighted by Gasteiger charge is -2.23. The third-order valence-corrected chi connectivity index (χ3v) is 3.68. The zero-order chi connectivity index (χ0) is 17.2. The van der Waals surface area contributed by atoms with Crippen LogP contribution in [0.2, 0.25) is 0 Å². The van der Waals surface area contributed by atoms with Crippen LogP contribution >= 0.6 is 0 Å². The first-order valence-corrected chi connectivity index (χ1v) is 7.44. The smallest absolute Gasteiger partial charge is 0.333 e. The van der Waals surface area contributed by atoms with Gasteiger partial charge in [0.1, 0.15) is 11.5 Å². The summed E-state index contributed by atoms with van der Waals surface area (Å²) >= 11 is 0. The molecule has 3 heterocycles. The van der Waals surface area contributed by atoms with Gasteiger partial charge in [0.25, 0.3) is 0 Å². The molecule has 0 unspecified atom stereocenters. The fourth-order valence-corrected chi connectivity index (χ4v) is 2.46. The molecule has 0 aliphatic rings. The van der Waals surface area contributed by atoms with Crippen LogP contribution in [0, 0.1) is 0 Å². The Bertz CT molecular complexity index is 918. The Balaban J connectivity index is 1.99. The number of pyridine rings is 1. The van der Waals surface area contributed by atoms with Crippen LogP contribution in [0.5, 0.6) is 0 Å². The summed E-state index contributed by atoms with van der Waals surface area (Å²) < 4.78 is 0. The molecular weight excluding hydrogens is 306 g/mol. The topological polar surface area (TPSA) is 104 Å². The van der Waals surface area contributed by atoms with E-state index in [-0.39, 0.29) is 0 Å². The van der Waals surface area contributed by atoms with E-state index in [1.807, 2.05) is 12.1 Å². The van der Waals surface area contributed by atoms with Gasteiger partial charge in [-0.25, -0.2) is 19.7 Å². The lowest BCUT2D eigenvalue weighted by atomic mass is 10.0. The second-order valence-corrected chi connectivity index (χ2v) is 5.50. The standard InChI is InChI=1S/C17H17N5O2/c1-3-7-17(2,16(23)24)22-13-6-9-19-15(21-13)12-10-20-14-11(12)5-4-8-18-14/h3-10H,1-2H3,(H,18,20)(H,23,24)(H,19,21,22)/b7-3+/t17-/m1/s1. The van der Waals surface area contributed by atoms with Crippen molar-refractivity contribution in [3.8, 4) is 11.4 Å². The van der Waals surface area contributed by atoms with Crippen molar-refractivity contribution in [2.24, 2.45) is 0 Å². The van der Waals surface area contributed by atoms with E-state index in [2.05, 4.69) is 25.3 Å². The minimum atomic E-state index is -1.25. The van der Waals surface area contributed by atoms with E-state index < -0.39 is 11.5 Å². The number of carboxylic acids is 1. The van der Waals surface area contributed by atoms with Crippen LogP contribution in [0.25, 0.3) is 22.4 Å². The molecule has 3 aromatic rings. The van der Waals surface area contributed by atoms with E-state index in [4.69, 9.17) is 0 Å². The molecule has 0 saturated carbocycles. The molecule has 7 heteroatoms. The van der Waals surface area contributed by atoms with Crippen LogP contribution in [-0.2, 0) is 4.79 Å². The second-order valence-electron chi connectivity index (χ2n) is 5.50. The van der Waals surface area contributed by atoms with Gasteiger partial charge in [-0.3, -0.25) is 0 Å². The number of rotatable bonds is 5. The summed E-state index contributed by atoms with van der Waals surface area (Å²) in [6.07, 6.45) is 8.36. The van der Waals surface area contributed by atoms with Crippen LogP contribution in [0.15, 0.2) is 48.9 Å². The van der Waals surface area contributed by atoms with Crippen molar-refractivity contribution >= 4 is 22.8 Å². The number of nitrogens with zero attached hydrogens (tertiary/aromatic N) is 3. The summed E-state index contributed by atoms with van der Waals surface area (Å²) in [5.41, 5.74) is 0.311. The van der Waals surface area contributed by atoms with Gasteiger partial charge in [0.2, 0.25) is 0 Å². The largest absolute Gasteiger partial charge is 0.479 e. The maximum absolute atomic E-state index is 11.5. The van der Waals surface area contributed by atoms with Crippen LogP contribution in [0.4, 0.5) is 5.82 Å². The van der Waals surface area contributed by atoms with Crippen LogP contribution < -0.4 is 5.32 Å². The zero-order valence-electron chi connectivity index (χ0n) is 13.3. The highest BCUT2D eigenvalue weighted by Gasteiger charge is 2.30. The van der Waals surface area contributed by atoms with Gasteiger partial charge in [-0.05, 0) is 32.0 Å². The Morgan fingerprint density at radius 2 is 2.17 bits per heavy atom. The summed E-state index contributed by atoms with van der Waals surface area (Å²) in [5, 5.41) is 13.3. The maximum Gasteiger partial charge on any atom is 0.333 e. The molecule has 0 fully saturated rings. The van der Waals surface area contributed by atoms with Crippen molar-refractivity contribution in [3.63, 3.8) is 0 Å². The Labute approximate surface area is 138 Å². The lowest BCUT2D eigenvalue weighted by Crippen LogP contribution is -2.41. The predicted molar refractivity (Wildman–Crippen MR) is 91.6 cm³/mol. The van der Waals surface area contributed by atoms with E-state index in [0.29, 0.717) is 11.6 Å². The van der Waals surface area contributed by atoms with Crippen molar-refractivity contribution in [2.75, 3.05) is 5.32 Å². The molecule has 0 spiro atoms. The van der Waals surface area contributed by atoms with E-state index in [0.717, 1.165) is 16.6 Å². The van der Waals surface area contributed by atoms with Crippen LogP contribution in [0.1, 0.15) is 13.8 Å². The third-order valence-electron chi connectivity index (χ3n) is 3.68. The molecule has 122 valence electrons. The normalized spacial score (nSPS) is 13.9. The van der Waals surface area contributed by atoms with Gasteiger partial charge in [-0.15, -0.1) is 0 Å². The van der Waals surface area contributed by atoms with Gasteiger partial charge in [0.15, 0.2) is 11.4 Å². The SMILES string of the molecule is C/C=C/[C@@](C)(Nc1ccnc(-c2c[nH]c3ncccc23)n1)C(=O)O. The van der Waals surface area contributed by atoms with Gasteiger partial charge < -0.3 is 15.4 Å². The van der Waals surface area contributed by atoms with E-state index in [9.17, 15) is 9.90 Å². The average molecular weight is 323 g/mol. The van der Waals surface area contributed by atoms with Gasteiger partial charge in [-0.1, -0.05) is 12.2 Å². The maximum atomic E-state index is 11.5. The molecule has 3 N–H and O–H groups in total. The summed E-state index contributed by atoms with van der Waals surface area (Å²) in [7, 11) is 0. The third kappa shape index (κ3) is 2.83. The number of allylic oxidation sites excluding steroid dienone is 1. The number of aliphatic carboxylic acids is 1. The van der Waals surface area contributed by atoms with Gasteiger partial charge in [0.05, 0.1) is 0 Å². The van der Waals surface area contributed by atoms with E-state index in [1.165, 1.54) is 0 Å². The fourth-order valence-electron chi connectivity index (χ4n) is 2.46. The van der Waals surface area contributed by atoms with E-state index in [1.54, 1.807) is 50.7 Å². The molecule has 0 amide bonds. The van der Waals surface area contributed by atoms with Crippen molar-refractivity contribution in [1.29, 1.82) is 0 Å². The number of anilines is 1. The summed E-state index contributed by atoms with van der Waals surface area (Å²) in [6.45, 7) is 3.35. The minimum absolute atomic E-state index is 0.432. The number of aromatic amines is 1.